The van der Waals surface area contributed by atoms with Gasteiger partial charge in [0.1, 0.15) is 6.10 Å². The second-order valence-electron chi connectivity index (χ2n) is 4.89. The quantitative estimate of drug-likeness (QED) is 0.796. The third-order valence-electron chi connectivity index (χ3n) is 2.88. The minimum Gasteiger partial charge on any atom is -0.464 e. The maximum Gasteiger partial charge on any atom is 0.338 e. The Morgan fingerprint density at radius 3 is 2.65 bits per heavy atom. The van der Waals surface area contributed by atoms with E-state index in [9.17, 15) is 4.79 Å². The van der Waals surface area contributed by atoms with Crippen molar-refractivity contribution >= 4 is 29.2 Å². The summed E-state index contributed by atoms with van der Waals surface area (Å²) in [6.07, 6.45) is -1.46. The van der Waals surface area contributed by atoms with Gasteiger partial charge in [0.15, 0.2) is 11.9 Å². The molecule has 2 atom stereocenters. The van der Waals surface area contributed by atoms with Gasteiger partial charge < -0.3 is 14.2 Å². The van der Waals surface area contributed by atoms with Crippen LogP contribution in [0.15, 0.2) is 18.2 Å². The lowest BCUT2D eigenvalue weighted by atomic mass is 10.0. The standard InChI is InChI=1S/C14H16Cl2O4/c1-4-18-13(17)12-11(19-14(2,3)20-12)9-6-5-8(15)7-10(9)16/h5-7,11-12H,4H2,1-3H3/t11-,12-/m0/s1. The van der Waals surface area contributed by atoms with Crippen LogP contribution in [0, 0.1) is 0 Å². The normalized spacial score (nSPS) is 24.6. The summed E-state index contributed by atoms with van der Waals surface area (Å²) in [5.41, 5.74) is 0.652. The minimum absolute atomic E-state index is 0.278. The number of rotatable bonds is 3. The predicted molar refractivity (Wildman–Crippen MR) is 75.9 cm³/mol. The molecule has 0 aliphatic carbocycles. The van der Waals surface area contributed by atoms with E-state index >= 15 is 0 Å². The van der Waals surface area contributed by atoms with Crippen LogP contribution >= 0.6 is 23.2 Å². The van der Waals surface area contributed by atoms with Crippen LogP contribution in [0.25, 0.3) is 0 Å². The van der Waals surface area contributed by atoms with Gasteiger partial charge in [0, 0.05) is 15.6 Å². The highest BCUT2D eigenvalue weighted by molar-refractivity contribution is 6.35. The Labute approximate surface area is 127 Å². The summed E-state index contributed by atoms with van der Waals surface area (Å²) >= 11 is 12.1. The van der Waals surface area contributed by atoms with Crippen molar-refractivity contribution in [3.8, 4) is 0 Å². The van der Waals surface area contributed by atoms with Crippen molar-refractivity contribution in [2.24, 2.45) is 0 Å². The first-order valence-electron chi connectivity index (χ1n) is 6.31. The summed E-state index contributed by atoms with van der Waals surface area (Å²) in [4.78, 5) is 12.0. The summed E-state index contributed by atoms with van der Waals surface area (Å²) in [7, 11) is 0. The summed E-state index contributed by atoms with van der Waals surface area (Å²) in [5, 5.41) is 0.947. The number of hydrogen-bond donors (Lipinski definition) is 0. The Balaban J connectivity index is 2.33. The number of benzene rings is 1. The molecule has 1 fully saturated rings. The van der Waals surface area contributed by atoms with E-state index in [-0.39, 0.29) is 6.61 Å². The average molecular weight is 319 g/mol. The van der Waals surface area contributed by atoms with E-state index in [1.165, 1.54) is 0 Å². The van der Waals surface area contributed by atoms with Crippen LogP contribution < -0.4 is 0 Å². The molecule has 1 aliphatic rings. The number of ether oxygens (including phenoxy) is 3. The Morgan fingerprint density at radius 1 is 1.35 bits per heavy atom. The molecule has 0 spiro atoms. The fraction of sp³-hybridized carbons (Fsp3) is 0.500. The molecule has 20 heavy (non-hydrogen) atoms. The van der Waals surface area contributed by atoms with Gasteiger partial charge in [-0.15, -0.1) is 0 Å². The molecule has 1 aliphatic heterocycles. The molecular formula is C14H16Cl2O4. The van der Waals surface area contributed by atoms with E-state index in [1.54, 1.807) is 39.0 Å². The van der Waals surface area contributed by atoms with Gasteiger partial charge in [-0.05, 0) is 32.9 Å². The average Bonchev–Trinajstić information content (AvgIpc) is 2.65. The zero-order chi connectivity index (χ0) is 14.9. The lowest BCUT2D eigenvalue weighted by Crippen LogP contribution is -2.29. The molecule has 0 amide bonds. The van der Waals surface area contributed by atoms with Gasteiger partial charge in [0.05, 0.1) is 6.61 Å². The first kappa shape index (κ1) is 15.6. The highest BCUT2D eigenvalue weighted by Gasteiger charge is 2.47. The second-order valence-corrected chi connectivity index (χ2v) is 5.74. The van der Waals surface area contributed by atoms with Crippen LogP contribution in [0.3, 0.4) is 0 Å². The zero-order valence-corrected chi connectivity index (χ0v) is 13.0. The molecule has 6 heteroatoms. The van der Waals surface area contributed by atoms with Crippen LogP contribution in [0.1, 0.15) is 32.4 Å². The molecule has 0 N–H and O–H groups in total. The molecule has 0 unspecified atom stereocenters. The van der Waals surface area contributed by atoms with E-state index < -0.39 is 24.0 Å². The Morgan fingerprint density at radius 2 is 2.05 bits per heavy atom. The summed E-state index contributed by atoms with van der Waals surface area (Å²) in [5.74, 6) is -1.35. The number of carbonyl (C=O) groups is 1. The van der Waals surface area contributed by atoms with E-state index in [1.807, 2.05) is 0 Å². The van der Waals surface area contributed by atoms with Crippen molar-refractivity contribution in [3.63, 3.8) is 0 Å². The first-order chi connectivity index (χ1) is 9.34. The van der Waals surface area contributed by atoms with Crippen LogP contribution in [0.5, 0.6) is 0 Å². The van der Waals surface area contributed by atoms with Gasteiger partial charge in [-0.1, -0.05) is 29.3 Å². The lowest BCUT2D eigenvalue weighted by Gasteiger charge is -2.17. The third-order valence-corrected chi connectivity index (χ3v) is 3.45. The van der Waals surface area contributed by atoms with Crippen molar-refractivity contribution in [1.82, 2.24) is 0 Å². The van der Waals surface area contributed by atoms with Gasteiger partial charge in [0.2, 0.25) is 0 Å². The van der Waals surface area contributed by atoms with E-state index in [4.69, 9.17) is 37.4 Å². The molecule has 1 aromatic carbocycles. The topological polar surface area (TPSA) is 44.8 Å². The fourth-order valence-electron chi connectivity index (χ4n) is 2.12. The van der Waals surface area contributed by atoms with Gasteiger partial charge in [-0.25, -0.2) is 4.79 Å². The van der Waals surface area contributed by atoms with Gasteiger partial charge >= 0.3 is 5.97 Å². The molecule has 110 valence electrons. The van der Waals surface area contributed by atoms with Crippen LogP contribution in [-0.4, -0.2) is 24.5 Å². The van der Waals surface area contributed by atoms with Gasteiger partial charge in [-0.3, -0.25) is 0 Å². The number of hydrogen-bond acceptors (Lipinski definition) is 4. The first-order valence-corrected chi connectivity index (χ1v) is 7.07. The number of carbonyl (C=O) groups excluding carboxylic acids is 1. The molecule has 4 nitrogen and oxygen atoms in total. The van der Waals surface area contributed by atoms with Crippen molar-refractivity contribution in [2.75, 3.05) is 6.61 Å². The molecule has 1 heterocycles. The second kappa shape index (κ2) is 5.90. The SMILES string of the molecule is CCOC(=O)[C@H]1OC(C)(C)O[C@H]1c1ccc(Cl)cc1Cl. The highest BCUT2D eigenvalue weighted by atomic mass is 35.5. The maximum atomic E-state index is 12.0. The summed E-state index contributed by atoms with van der Waals surface area (Å²) in [6.45, 7) is 5.50. The Kier molecular flexibility index (Phi) is 4.59. The van der Waals surface area contributed by atoms with Gasteiger partial charge in [0.25, 0.3) is 0 Å². The smallest absolute Gasteiger partial charge is 0.338 e. The summed E-state index contributed by atoms with van der Waals surface area (Å²) < 4.78 is 16.4. The zero-order valence-electron chi connectivity index (χ0n) is 11.5. The summed E-state index contributed by atoms with van der Waals surface area (Å²) in [6, 6.07) is 5.03. The Hall–Kier alpha value is -0.810. The molecule has 1 aromatic rings. The number of halogens is 2. The highest BCUT2D eigenvalue weighted by Crippen LogP contribution is 2.41. The minimum atomic E-state index is -0.884. The van der Waals surface area contributed by atoms with Crippen LogP contribution in [-0.2, 0) is 19.0 Å². The van der Waals surface area contributed by atoms with Gasteiger partial charge in [-0.2, -0.15) is 0 Å². The predicted octanol–water partition coefficient (Wildman–Crippen LogP) is 3.75. The van der Waals surface area contributed by atoms with E-state index in [0.29, 0.717) is 15.6 Å². The molecule has 0 saturated carbocycles. The molecule has 1 saturated heterocycles. The molecule has 0 bridgehead atoms. The van der Waals surface area contributed by atoms with Crippen molar-refractivity contribution in [3.05, 3.63) is 33.8 Å². The maximum absolute atomic E-state index is 12.0. The van der Waals surface area contributed by atoms with Crippen molar-refractivity contribution in [1.29, 1.82) is 0 Å². The van der Waals surface area contributed by atoms with E-state index in [2.05, 4.69) is 0 Å². The fourth-order valence-corrected chi connectivity index (χ4v) is 2.63. The van der Waals surface area contributed by atoms with Crippen molar-refractivity contribution < 1.29 is 19.0 Å². The molecule has 0 aromatic heterocycles. The third kappa shape index (κ3) is 3.26. The van der Waals surface area contributed by atoms with Crippen molar-refractivity contribution in [2.45, 2.75) is 38.8 Å². The lowest BCUT2D eigenvalue weighted by molar-refractivity contribution is -0.170. The van der Waals surface area contributed by atoms with Crippen LogP contribution in [0.4, 0.5) is 0 Å². The Bertz CT molecular complexity index is 516. The largest absolute Gasteiger partial charge is 0.464 e. The van der Waals surface area contributed by atoms with E-state index in [0.717, 1.165) is 0 Å². The molecule has 2 rings (SSSR count). The molecule has 0 radical (unpaired) electrons. The van der Waals surface area contributed by atoms with Crippen LogP contribution in [0.2, 0.25) is 10.0 Å². The number of esters is 1. The monoisotopic (exact) mass is 318 g/mol. The molecular weight excluding hydrogens is 303 g/mol.